The summed E-state index contributed by atoms with van der Waals surface area (Å²) < 4.78 is 5.14. The predicted molar refractivity (Wildman–Crippen MR) is 140 cm³/mol. The number of amides is 3. The number of ether oxygens (including phenoxy) is 1. The lowest BCUT2D eigenvalue weighted by atomic mass is 9.90. The molecule has 36 heavy (non-hydrogen) atoms. The Morgan fingerprint density at radius 2 is 1.33 bits per heavy atom. The average Bonchev–Trinajstić information content (AvgIpc) is 2.84. The average molecular weight is 488 g/mol. The highest BCUT2D eigenvalue weighted by atomic mass is 16.6. The number of hydrogen-bond acceptors (Lipinski definition) is 4. The van der Waals surface area contributed by atoms with Gasteiger partial charge in [0.15, 0.2) is 0 Å². The van der Waals surface area contributed by atoms with Crippen LogP contribution >= 0.6 is 0 Å². The van der Waals surface area contributed by atoms with Gasteiger partial charge < -0.3 is 20.7 Å². The fourth-order valence-corrected chi connectivity index (χ4v) is 3.59. The van der Waals surface area contributed by atoms with Gasteiger partial charge in [-0.05, 0) is 49.6 Å². The van der Waals surface area contributed by atoms with Crippen LogP contribution in [0.5, 0.6) is 0 Å². The Balaban J connectivity index is 1.51. The van der Waals surface area contributed by atoms with Gasteiger partial charge in [-0.2, -0.15) is 0 Å². The van der Waals surface area contributed by atoms with E-state index in [1.165, 1.54) is 0 Å². The largest absolute Gasteiger partial charge is 0.444 e. The predicted octanol–water partition coefficient (Wildman–Crippen LogP) is 4.99. The molecule has 0 aliphatic carbocycles. The zero-order valence-corrected chi connectivity index (χ0v) is 20.9. The van der Waals surface area contributed by atoms with Crippen LogP contribution in [-0.2, 0) is 20.9 Å². The Hall–Kier alpha value is -4.13. The highest BCUT2D eigenvalue weighted by Gasteiger charge is 2.22. The number of alkyl carbamates (subject to hydrolysis) is 1. The highest BCUT2D eigenvalue weighted by Crippen LogP contribution is 2.26. The SMILES string of the molecule is CC(C)(C)OC(=O)NCCC(=O)NCc1ccc(NC(=O)C(c2ccccc2)c2ccccc2)cc1. The van der Waals surface area contributed by atoms with Gasteiger partial charge in [-0.1, -0.05) is 72.8 Å². The molecule has 3 amide bonds. The van der Waals surface area contributed by atoms with E-state index in [-0.39, 0.29) is 24.8 Å². The Kier molecular flexibility index (Phi) is 9.22. The molecule has 0 spiro atoms. The van der Waals surface area contributed by atoms with Crippen molar-refractivity contribution >= 4 is 23.6 Å². The molecule has 0 aromatic heterocycles. The number of benzene rings is 3. The molecule has 0 bridgehead atoms. The third kappa shape index (κ3) is 8.58. The summed E-state index contributed by atoms with van der Waals surface area (Å²) in [6.45, 7) is 5.87. The third-order valence-corrected chi connectivity index (χ3v) is 5.26. The maximum absolute atomic E-state index is 13.2. The summed E-state index contributed by atoms with van der Waals surface area (Å²) >= 11 is 0. The molecule has 0 unspecified atom stereocenters. The number of carbonyl (C=O) groups excluding carboxylic acids is 3. The van der Waals surface area contributed by atoms with Crippen molar-refractivity contribution in [3.63, 3.8) is 0 Å². The molecule has 3 N–H and O–H groups in total. The highest BCUT2D eigenvalue weighted by molar-refractivity contribution is 5.98. The molecule has 0 radical (unpaired) electrons. The van der Waals surface area contributed by atoms with Crippen LogP contribution in [0.2, 0.25) is 0 Å². The fraction of sp³-hybridized carbons (Fsp3) is 0.276. The Morgan fingerprint density at radius 1 is 0.778 bits per heavy atom. The van der Waals surface area contributed by atoms with Crippen molar-refractivity contribution in [2.24, 2.45) is 0 Å². The Bertz CT molecular complexity index is 1100. The van der Waals surface area contributed by atoms with Gasteiger partial charge in [0.2, 0.25) is 11.8 Å². The van der Waals surface area contributed by atoms with Gasteiger partial charge >= 0.3 is 6.09 Å². The van der Waals surface area contributed by atoms with E-state index in [1.54, 1.807) is 20.8 Å². The molecule has 7 nitrogen and oxygen atoms in total. The summed E-state index contributed by atoms with van der Waals surface area (Å²) in [5.41, 5.74) is 2.82. The van der Waals surface area contributed by atoms with Gasteiger partial charge in [-0.15, -0.1) is 0 Å². The van der Waals surface area contributed by atoms with Crippen molar-refractivity contribution < 1.29 is 19.1 Å². The van der Waals surface area contributed by atoms with Gasteiger partial charge in [0, 0.05) is 25.2 Å². The van der Waals surface area contributed by atoms with Gasteiger partial charge in [0.1, 0.15) is 5.60 Å². The standard InChI is InChI=1S/C29H33N3O4/c1-29(2,3)36-28(35)30-19-18-25(33)31-20-21-14-16-24(17-15-21)32-27(34)26(22-10-6-4-7-11-22)23-12-8-5-9-13-23/h4-17,26H,18-20H2,1-3H3,(H,30,35)(H,31,33)(H,32,34). The molecule has 0 aliphatic heterocycles. The summed E-state index contributed by atoms with van der Waals surface area (Å²) in [5, 5.41) is 8.40. The van der Waals surface area contributed by atoms with E-state index < -0.39 is 17.6 Å². The van der Waals surface area contributed by atoms with Crippen LogP contribution in [0.15, 0.2) is 84.9 Å². The number of rotatable bonds is 9. The summed E-state index contributed by atoms with van der Waals surface area (Å²) in [6, 6.07) is 26.7. The second kappa shape index (κ2) is 12.5. The molecule has 0 fully saturated rings. The first-order chi connectivity index (χ1) is 17.2. The number of anilines is 1. The minimum atomic E-state index is -0.581. The van der Waals surface area contributed by atoms with Crippen LogP contribution in [0, 0.1) is 0 Å². The van der Waals surface area contributed by atoms with Crippen molar-refractivity contribution in [3.8, 4) is 0 Å². The number of hydrogen-bond donors (Lipinski definition) is 3. The number of nitrogens with one attached hydrogen (secondary N) is 3. The summed E-state index contributed by atoms with van der Waals surface area (Å²) in [6.07, 6.45) is -0.400. The van der Waals surface area contributed by atoms with Crippen molar-refractivity contribution in [2.45, 2.75) is 45.3 Å². The number of carbonyl (C=O) groups is 3. The van der Waals surface area contributed by atoms with Gasteiger partial charge in [-0.25, -0.2) is 4.79 Å². The molecule has 0 saturated heterocycles. The maximum Gasteiger partial charge on any atom is 0.407 e. The van der Waals surface area contributed by atoms with E-state index in [0.29, 0.717) is 12.2 Å². The first kappa shape index (κ1) is 26.5. The van der Waals surface area contributed by atoms with E-state index in [1.807, 2.05) is 84.9 Å². The van der Waals surface area contributed by atoms with Crippen LogP contribution in [0.1, 0.15) is 49.8 Å². The third-order valence-electron chi connectivity index (χ3n) is 5.26. The Morgan fingerprint density at radius 3 is 1.86 bits per heavy atom. The van der Waals surface area contributed by atoms with E-state index in [0.717, 1.165) is 16.7 Å². The minimum Gasteiger partial charge on any atom is -0.444 e. The van der Waals surface area contributed by atoms with Crippen molar-refractivity contribution in [1.29, 1.82) is 0 Å². The summed E-state index contributed by atoms with van der Waals surface area (Å²) in [7, 11) is 0. The topological polar surface area (TPSA) is 96.5 Å². The second-order valence-electron chi connectivity index (χ2n) is 9.40. The molecule has 0 heterocycles. The summed E-state index contributed by atoms with van der Waals surface area (Å²) in [4.78, 5) is 36.9. The maximum atomic E-state index is 13.2. The quantitative estimate of drug-likeness (QED) is 0.396. The lowest BCUT2D eigenvalue weighted by Gasteiger charge is -2.19. The fourth-order valence-electron chi connectivity index (χ4n) is 3.59. The van der Waals surface area contributed by atoms with E-state index in [4.69, 9.17) is 4.74 Å². The molecule has 0 aliphatic rings. The lowest BCUT2D eigenvalue weighted by Crippen LogP contribution is -2.35. The van der Waals surface area contributed by atoms with Crippen LogP contribution < -0.4 is 16.0 Å². The molecular formula is C29H33N3O4. The molecule has 3 aromatic rings. The molecule has 0 atom stereocenters. The van der Waals surface area contributed by atoms with Crippen LogP contribution in [-0.4, -0.2) is 30.1 Å². The monoisotopic (exact) mass is 487 g/mol. The van der Waals surface area contributed by atoms with Crippen molar-refractivity contribution in [3.05, 3.63) is 102 Å². The minimum absolute atomic E-state index is 0.119. The molecule has 3 aromatic carbocycles. The van der Waals surface area contributed by atoms with Crippen LogP contribution in [0.4, 0.5) is 10.5 Å². The van der Waals surface area contributed by atoms with Crippen LogP contribution in [0.25, 0.3) is 0 Å². The zero-order valence-electron chi connectivity index (χ0n) is 20.9. The van der Waals surface area contributed by atoms with E-state index >= 15 is 0 Å². The summed E-state index contributed by atoms with van der Waals surface area (Å²) in [5.74, 6) is -0.733. The van der Waals surface area contributed by atoms with Gasteiger partial charge in [0.25, 0.3) is 0 Å². The van der Waals surface area contributed by atoms with E-state index in [2.05, 4.69) is 16.0 Å². The first-order valence-electron chi connectivity index (χ1n) is 11.9. The molecule has 0 saturated carbocycles. The normalized spacial score (nSPS) is 11.0. The smallest absolute Gasteiger partial charge is 0.407 e. The zero-order chi connectivity index (χ0) is 26.0. The van der Waals surface area contributed by atoms with Gasteiger partial charge in [0.05, 0.1) is 5.92 Å². The van der Waals surface area contributed by atoms with Crippen molar-refractivity contribution in [1.82, 2.24) is 10.6 Å². The first-order valence-corrected chi connectivity index (χ1v) is 11.9. The van der Waals surface area contributed by atoms with E-state index in [9.17, 15) is 14.4 Å². The second-order valence-corrected chi connectivity index (χ2v) is 9.40. The van der Waals surface area contributed by atoms with Crippen LogP contribution in [0.3, 0.4) is 0 Å². The molecular weight excluding hydrogens is 454 g/mol. The lowest BCUT2D eigenvalue weighted by molar-refractivity contribution is -0.121. The molecule has 7 heteroatoms. The van der Waals surface area contributed by atoms with Gasteiger partial charge in [-0.3, -0.25) is 9.59 Å². The molecule has 188 valence electrons. The van der Waals surface area contributed by atoms with Crippen molar-refractivity contribution in [2.75, 3.05) is 11.9 Å². The molecule has 3 rings (SSSR count). The Labute approximate surface area is 212 Å².